The van der Waals surface area contributed by atoms with Crippen molar-refractivity contribution in [3.63, 3.8) is 0 Å². The van der Waals surface area contributed by atoms with Gasteiger partial charge in [0.25, 0.3) is 0 Å². The molecule has 0 aliphatic carbocycles. The molecule has 4 aromatic carbocycles. The molecule has 0 spiro atoms. The second-order valence-corrected chi connectivity index (χ2v) is 18.1. The molecule has 0 fully saturated rings. The van der Waals surface area contributed by atoms with E-state index in [1.54, 1.807) is 12.1 Å². The van der Waals surface area contributed by atoms with E-state index in [4.69, 9.17) is 29.2 Å². The first kappa shape index (κ1) is 54.3. The van der Waals surface area contributed by atoms with Crippen molar-refractivity contribution in [2.45, 2.75) is 78.4 Å². The van der Waals surface area contributed by atoms with Gasteiger partial charge in [-0.15, -0.1) is 0 Å². The van der Waals surface area contributed by atoms with Crippen molar-refractivity contribution in [3.05, 3.63) is 161 Å². The SMILES string of the molecule is Cc1c(COc2nc(OCc3ccc(F)c(C#N)c3)c(CNC[C@@H](O)CC(=O)O)cc2Br)cccc1-c1cccc(COc2nc(OCc3ccc(F)c(C#N)c3)c(CNC[C@@H](O)CC(=O)O)cc2Br)c1C. The number of aliphatic hydroxyl groups excluding tert-OH is 2. The number of nitrogens with zero attached hydrogens (tertiary/aromatic N) is 4. The third kappa shape index (κ3) is 15.0. The molecule has 20 heteroatoms. The van der Waals surface area contributed by atoms with Crippen LogP contribution in [0, 0.1) is 48.1 Å². The predicted octanol–water partition coefficient (Wildman–Crippen LogP) is 8.47. The Balaban J connectivity index is 1.19. The fraction of sp³-hybridized carbons (Fsp3) is 0.269. The number of ether oxygens (including phenoxy) is 4. The van der Waals surface area contributed by atoms with Crippen molar-refractivity contribution in [2.24, 2.45) is 0 Å². The summed E-state index contributed by atoms with van der Waals surface area (Å²) < 4.78 is 53.8. The zero-order valence-electron chi connectivity index (χ0n) is 38.8. The molecule has 2 aromatic heterocycles. The van der Waals surface area contributed by atoms with Crippen LogP contribution in [0.4, 0.5) is 8.78 Å². The highest BCUT2D eigenvalue weighted by Gasteiger charge is 2.20. The van der Waals surface area contributed by atoms with Crippen LogP contribution in [0.3, 0.4) is 0 Å². The predicted molar refractivity (Wildman–Crippen MR) is 265 cm³/mol. The van der Waals surface area contributed by atoms with Gasteiger partial charge in [0.05, 0.1) is 45.1 Å². The molecule has 6 N–H and O–H groups in total. The van der Waals surface area contributed by atoms with Gasteiger partial charge in [0.2, 0.25) is 23.5 Å². The van der Waals surface area contributed by atoms with E-state index >= 15 is 0 Å². The second kappa shape index (κ2) is 25.9. The number of rotatable bonds is 25. The van der Waals surface area contributed by atoms with E-state index in [2.05, 4.69) is 52.5 Å². The summed E-state index contributed by atoms with van der Waals surface area (Å²) in [5.41, 5.74) is 7.31. The van der Waals surface area contributed by atoms with Crippen LogP contribution in [-0.4, -0.2) is 67.6 Å². The van der Waals surface area contributed by atoms with Crippen molar-refractivity contribution >= 4 is 43.8 Å². The van der Waals surface area contributed by atoms with Gasteiger partial charge >= 0.3 is 11.9 Å². The van der Waals surface area contributed by atoms with Crippen molar-refractivity contribution in [3.8, 4) is 46.8 Å². The van der Waals surface area contributed by atoms with E-state index in [0.717, 1.165) is 33.4 Å². The lowest BCUT2D eigenvalue weighted by Gasteiger charge is -2.18. The summed E-state index contributed by atoms with van der Waals surface area (Å²) in [5.74, 6) is -2.89. The Morgan fingerprint density at radius 3 is 1.36 bits per heavy atom. The van der Waals surface area contributed by atoms with Crippen molar-refractivity contribution in [2.75, 3.05) is 13.1 Å². The number of hydrogen-bond acceptors (Lipinski definition) is 14. The number of hydrogen-bond donors (Lipinski definition) is 6. The molecule has 0 aliphatic rings. The summed E-state index contributed by atoms with van der Waals surface area (Å²) in [6.07, 6.45) is -3.14. The number of benzene rings is 4. The van der Waals surface area contributed by atoms with Crippen LogP contribution in [0.25, 0.3) is 11.1 Å². The van der Waals surface area contributed by atoms with Crippen molar-refractivity contribution < 1.29 is 57.7 Å². The number of nitrogens with one attached hydrogen (secondary N) is 2. The van der Waals surface area contributed by atoms with E-state index < -0.39 is 48.6 Å². The number of aliphatic carboxylic acids is 2. The first-order valence-corrected chi connectivity index (χ1v) is 23.8. The van der Waals surface area contributed by atoms with Crippen LogP contribution in [-0.2, 0) is 49.1 Å². The molecule has 0 radical (unpaired) electrons. The molecule has 0 saturated carbocycles. The van der Waals surface area contributed by atoms with E-state index in [0.29, 0.717) is 31.2 Å². The number of carboxylic acids is 2. The van der Waals surface area contributed by atoms with Gasteiger partial charge in [0, 0.05) is 37.3 Å². The zero-order valence-corrected chi connectivity index (χ0v) is 42.0. The number of aromatic nitrogens is 2. The Kier molecular flexibility index (Phi) is 19.5. The standard InChI is InChI=1S/C52H48Br2F2N6O10/c1-29-33(27-71-51-43(53)15-37(21-59-23-39(63)17-47(65)66)49(61-51)69-25-31-9-11-45(55)35(13-31)19-57)5-3-7-41(29)42-8-4-6-34(30(42)2)28-72-52-44(54)16-38(22-60-24-40(64)18-48(67)68)50(62-52)70-26-32-10-12-46(56)36(14-32)20-58/h3-16,39-40,59-60,63-64H,17-18,21-28H2,1-2H3,(H,65,66)(H,67,68)/t39-,40-/m0/s1. The van der Waals surface area contributed by atoms with Gasteiger partial charge in [0.1, 0.15) is 50.2 Å². The van der Waals surface area contributed by atoms with Crippen LogP contribution in [0.2, 0.25) is 0 Å². The van der Waals surface area contributed by atoms with Gasteiger partial charge in [-0.05, 0) is 127 Å². The lowest BCUT2D eigenvalue weighted by Crippen LogP contribution is -2.28. The average Bonchev–Trinajstić information content (AvgIpc) is 3.34. The quantitative estimate of drug-likeness (QED) is 0.0314. The van der Waals surface area contributed by atoms with Gasteiger partial charge in [-0.3, -0.25) is 9.59 Å². The highest BCUT2D eigenvalue weighted by atomic mass is 79.9. The molecule has 0 amide bonds. The molecule has 6 aromatic rings. The maximum absolute atomic E-state index is 14.1. The molecule has 2 heterocycles. The van der Waals surface area contributed by atoms with Gasteiger partial charge in [-0.1, -0.05) is 48.5 Å². The molecule has 0 unspecified atom stereocenters. The van der Waals surface area contributed by atoms with Crippen molar-refractivity contribution in [1.82, 2.24) is 20.6 Å². The molecule has 0 aliphatic heterocycles. The highest BCUT2D eigenvalue weighted by molar-refractivity contribution is 9.10. The van der Waals surface area contributed by atoms with Gasteiger partial charge < -0.3 is 50.0 Å². The Hall–Kier alpha value is -7.04. The van der Waals surface area contributed by atoms with Crippen LogP contribution in [0.5, 0.6) is 23.5 Å². The zero-order chi connectivity index (χ0) is 51.9. The summed E-state index contributed by atoms with van der Waals surface area (Å²) in [4.78, 5) is 31.4. The maximum Gasteiger partial charge on any atom is 0.306 e. The molecular weight excluding hydrogens is 1070 g/mol. The molecular formula is C52H48Br2F2N6O10. The number of pyridine rings is 2. The van der Waals surface area contributed by atoms with Gasteiger partial charge in [0.15, 0.2) is 0 Å². The number of nitriles is 2. The number of carboxylic acid groups (broad SMARTS) is 2. The summed E-state index contributed by atoms with van der Waals surface area (Å²) in [6, 6.07) is 26.9. The first-order valence-electron chi connectivity index (χ1n) is 22.2. The summed E-state index contributed by atoms with van der Waals surface area (Å²) in [7, 11) is 0. The molecule has 72 heavy (non-hydrogen) atoms. The molecule has 6 rings (SSSR count). The third-order valence-corrected chi connectivity index (χ3v) is 12.3. The normalized spacial score (nSPS) is 11.8. The maximum atomic E-state index is 14.1. The first-order chi connectivity index (χ1) is 34.5. The minimum atomic E-state index is -1.14. The Labute approximate surface area is 430 Å². The molecule has 374 valence electrons. The summed E-state index contributed by atoms with van der Waals surface area (Å²) in [6.45, 7) is 4.29. The highest BCUT2D eigenvalue weighted by Crippen LogP contribution is 2.35. The summed E-state index contributed by atoms with van der Waals surface area (Å²) in [5, 5.41) is 63.0. The smallest absolute Gasteiger partial charge is 0.306 e. The van der Waals surface area contributed by atoms with Crippen molar-refractivity contribution in [1.29, 1.82) is 10.5 Å². The van der Waals surface area contributed by atoms with Gasteiger partial charge in [-0.25, -0.2) is 8.78 Å². The van der Waals surface area contributed by atoms with E-state index in [-0.39, 0.29) is 87.3 Å². The lowest BCUT2D eigenvalue weighted by atomic mass is 9.92. The van der Waals surface area contributed by atoms with E-state index in [1.807, 2.05) is 62.4 Å². The number of halogens is 4. The van der Waals surface area contributed by atoms with Crippen LogP contribution < -0.4 is 29.6 Å². The Morgan fingerprint density at radius 2 is 0.986 bits per heavy atom. The fourth-order valence-corrected chi connectivity index (χ4v) is 8.30. The van der Waals surface area contributed by atoms with E-state index in [9.17, 15) is 39.1 Å². The minimum Gasteiger partial charge on any atom is -0.481 e. The van der Waals surface area contributed by atoms with Crippen LogP contribution >= 0.6 is 31.9 Å². The molecule has 0 bridgehead atoms. The molecule has 16 nitrogen and oxygen atoms in total. The number of aliphatic hydroxyl groups is 2. The largest absolute Gasteiger partial charge is 0.481 e. The fourth-order valence-electron chi connectivity index (χ4n) is 7.34. The Morgan fingerprint density at radius 1 is 0.597 bits per heavy atom. The minimum absolute atomic E-state index is 0.0182. The molecule has 0 saturated heterocycles. The van der Waals surface area contributed by atoms with Crippen LogP contribution in [0.1, 0.15) is 68.5 Å². The second-order valence-electron chi connectivity index (χ2n) is 16.4. The number of carbonyl (C=O) groups is 2. The molecule has 2 atom stereocenters. The monoisotopic (exact) mass is 1110 g/mol. The van der Waals surface area contributed by atoms with Gasteiger partial charge in [-0.2, -0.15) is 20.5 Å². The van der Waals surface area contributed by atoms with Crippen LogP contribution in [0.15, 0.2) is 93.9 Å². The Bertz CT molecular complexity index is 2820. The topological polar surface area (TPSA) is 249 Å². The van der Waals surface area contributed by atoms with E-state index in [1.165, 1.54) is 36.4 Å². The third-order valence-electron chi connectivity index (χ3n) is 11.1. The lowest BCUT2D eigenvalue weighted by molar-refractivity contribution is -0.140. The average molecular weight is 1110 g/mol. The summed E-state index contributed by atoms with van der Waals surface area (Å²) >= 11 is 7.11.